The van der Waals surface area contributed by atoms with Gasteiger partial charge in [-0.2, -0.15) is 0 Å². The van der Waals surface area contributed by atoms with Gasteiger partial charge < -0.3 is 9.88 Å². The number of imidazole rings is 1. The molecule has 1 aromatic heterocycles. The Kier molecular flexibility index (Phi) is 4.10. The van der Waals surface area contributed by atoms with Crippen molar-refractivity contribution in [2.75, 3.05) is 0 Å². The second kappa shape index (κ2) is 6.55. The van der Waals surface area contributed by atoms with Gasteiger partial charge in [-0.3, -0.25) is 4.79 Å². The molecule has 1 aliphatic rings. The fourth-order valence-corrected chi connectivity index (χ4v) is 3.42. The van der Waals surface area contributed by atoms with E-state index in [1.54, 1.807) is 12.5 Å². The number of carbonyl (C=O) groups is 1. The molecule has 1 N–H and O–H groups in total. The molecule has 1 heterocycles. The fraction of sp³-hybridized carbons (Fsp3) is 0.238. The van der Waals surface area contributed by atoms with Crippen molar-refractivity contribution in [1.82, 2.24) is 14.9 Å². The van der Waals surface area contributed by atoms with Gasteiger partial charge in [-0.05, 0) is 67.1 Å². The van der Waals surface area contributed by atoms with Crippen molar-refractivity contribution >= 4 is 5.91 Å². The molecule has 1 amide bonds. The number of hydrogen-bond donors (Lipinski definition) is 1. The zero-order valence-corrected chi connectivity index (χ0v) is 14.3. The minimum absolute atomic E-state index is 0.0131. The maximum absolute atomic E-state index is 12.6. The first-order valence-electron chi connectivity index (χ1n) is 8.72. The average Bonchev–Trinajstić information content (AvgIpc) is 3.32. The highest BCUT2D eigenvalue weighted by atomic mass is 16.1. The summed E-state index contributed by atoms with van der Waals surface area (Å²) < 4.78 is 1.96. The van der Waals surface area contributed by atoms with Gasteiger partial charge in [-0.15, -0.1) is 0 Å². The van der Waals surface area contributed by atoms with Gasteiger partial charge in [0.2, 0.25) is 0 Å². The highest BCUT2D eigenvalue weighted by Gasteiger charge is 2.16. The van der Waals surface area contributed by atoms with Crippen LogP contribution in [0.4, 0.5) is 0 Å². The quantitative estimate of drug-likeness (QED) is 0.789. The van der Waals surface area contributed by atoms with Gasteiger partial charge in [0.15, 0.2) is 0 Å². The molecule has 4 rings (SSSR count). The van der Waals surface area contributed by atoms with Crippen molar-refractivity contribution in [2.45, 2.75) is 32.2 Å². The third-order valence-corrected chi connectivity index (χ3v) is 4.90. The van der Waals surface area contributed by atoms with Crippen LogP contribution >= 0.6 is 0 Å². The Hall–Kier alpha value is -2.88. The molecular formula is C21H21N3O. The maximum atomic E-state index is 12.6. The third-order valence-electron chi connectivity index (χ3n) is 4.90. The van der Waals surface area contributed by atoms with E-state index in [0.29, 0.717) is 0 Å². The molecule has 0 spiro atoms. The third kappa shape index (κ3) is 3.20. The molecule has 4 nitrogen and oxygen atoms in total. The normalized spacial score (nSPS) is 14.1. The number of amides is 1. The molecule has 25 heavy (non-hydrogen) atoms. The van der Waals surface area contributed by atoms with E-state index in [9.17, 15) is 4.79 Å². The van der Waals surface area contributed by atoms with Crippen LogP contribution in [0.5, 0.6) is 0 Å². The first-order chi connectivity index (χ1) is 12.2. The Labute approximate surface area is 147 Å². The Morgan fingerprint density at radius 1 is 1.12 bits per heavy atom. The first-order valence-corrected chi connectivity index (χ1v) is 8.72. The van der Waals surface area contributed by atoms with Crippen molar-refractivity contribution in [1.29, 1.82) is 0 Å². The molecule has 0 radical (unpaired) electrons. The molecule has 3 aromatic rings. The van der Waals surface area contributed by atoms with Crippen LogP contribution in [0.25, 0.3) is 5.69 Å². The van der Waals surface area contributed by atoms with Gasteiger partial charge in [0.1, 0.15) is 0 Å². The summed E-state index contributed by atoms with van der Waals surface area (Å²) in [5.41, 5.74) is 5.60. The second-order valence-electron chi connectivity index (χ2n) is 6.59. The number of aromatic nitrogens is 2. The Morgan fingerprint density at radius 3 is 2.68 bits per heavy atom. The lowest BCUT2D eigenvalue weighted by Gasteiger charge is -2.15. The van der Waals surface area contributed by atoms with Crippen molar-refractivity contribution < 1.29 is 4.79 Å². The molecule has 126 valence electrons. The van der Waals surface area contributed by atoms with Crippen molar-refractivity contribution in [3.8, 4) is 5.69 Å². The minimum atomic E-state index is -0.0439. The monoisotopic (exact) mass is 331 g/mol. The number of rotatable bonds is 4. The number of carbonyl (C=O) groups excluding carboxylic acids is 1. The maximum Gasteiger partial charge on any atom is 0.251 e. The van der Waals surface area contributed by atoms with Gasteiger partial charge >= 0.3 is 0 Å². The molecule has 0 saturated carbocycles. The molecule has 1 aliphatic carbocycles. The number of nitrogens with zero attached hydrogens (tertiary/aromatic N) is 2. The fourth-order valence-electron chi connectivity index (χ4n) is 3.42. The topological polar surface area (TPSA) is 46.9 Å². The lowest BCUT2D eigenvalue weighted by atomic mass is 10.0. The van der Waals surface area contributed by atoms with E-state index in [-0.39, 0.29) is 11.9 Å². The summed E-state index contributed by atoms with van der Waals surface area (Å²) in [6, 6.07) is 14.2. The molecule has 4 heteroatoms. The van der Waals surface area contributed by atoms with Gasteiger partial charge in [-0.1, -0.05) is 18.2 Å². The van der Waals surface area contributed by atoms with Gasteiger partial charge in [0, 0.05) is 23.6 Å². The van der Waals surface area contributed by atoms with Crippen LogP contribution in [0.2, 0.25) is 0 Å². The Bertz CT molecular complexity index is 882. The number of hydrogen-bond acceptors (Lipinski definition) is 2. The molecule has 1 atom stereocenters. The van der Waals surface area contributed by atoms with E-state index >= 15 is 0 Å². The van der Waals surface area contributed by atoms with Crippen LogP contribution in [0, 0.1) is 0 Å². The second-order valence-corrected chi connectivity index (χ2v) is 6.59. The SMILES string of the molecule is C[C@@H](NC(=O)c1ccc2c(c1)CCC2)c1ccc(-n2ccnc2)cc1. The average molecular weight is 331 g/mol. The van der Waals surface area contributed by atoms with E-state index in [1.165, 1.54) is 17.5 Å². The summed E-state index contributed by atoms with van der Waals surface area (Å²) in [6.07, 6.45) is 8.86. The highest BCUT2D eigenvalue weighted by molar-refractivity contribution is 5.94. The van der Waals surface area contributed by atoms with Gasteiger partial charge in [0.05, 0.1) is 12.4 Å². The van der Waals surface area contributed by atoms with Crippen LogP contribution in [0.1, 0.15) is 46.4 Å². The number of fused-ring (bicyclic) bond motifs is 1. The molecule has 0 aliphatic heterocycles. The number of aryl methyl sites for hydroxylation is 2. The molecule has 2 aromatic carbocycles. The van der Waals surface area contributed by atoms with Crippen molar-refractivity contribution in [3.05, 3.63) is 83.4 Å². The summed E-state index contributed by atoms with van der Waals surface area (Å²) in [6.45, 7) is 2.01. The summed E-state index contributed by atoms with van der Waals surface area (Å²) >= 11 is 0. The summed E-state index contributed by atoms with van der Waals surface area (Å²) in [5.74, 6) is -0.0131. The van der Waals surface area contributed by atoms with E-state index < -0.39 is 0 Å². The van der Waals surface area contributed by atoms with Crippen LogP contribution < -0.4 is 5.32 Å². The lowest BCUT2D eigenvalue weighted by molar-refractivity contribution is 0.0940. The first kappa shape index (κ1) is 15.6. The predicted molar refractivity (Wildman–Crippen MR) is 97.9 cm³/mol. The van der Waals surface area contributed by atoms with Crippen molar-refractivity contribution in [3.63, 3.8) is 0 Å². The summed E-state index contributed by atoms with van der Waals surface area (Å²) in [5, 5.41) is 3.10. The van der Waals surface area contributed by atoms with Crippen LogP contribution in [0.3, 0.4) is 0 Å². The number of nitrogens with one attached hydrogen (secondary N) is 1. The highest BCUT2D eigenvalue weighted by Crippen LogP contribution is 2.23. The van der Waals surface area contributed by atoms with Gasteiger partial charge in [-0.25, -0.2) is 4.98 Å². The zero-order chi connectivity index (χ0) is 17.2. The van der Waals surface area contributed by atoms with Crippen LogP contribution in [0.15, 0.2) is 61.2 Å². The largest absolute Gasteiger partial charge is 0.346 e. The summed E-state index contributed by atoms with van der Waals surface area (Å²) in [4.78, 5) is 16.6. The summed E-state index contributed by atoms with van der Waals surface area (Å²) in [7, 11) is 0. The number of benzene rings is 2. The lowest BCUT2D eigenvalue weighted by Crippen LogP contribution is -2.26. The molecular weight excluding hydrogens is 310 g/mol. The Morgan fingerprint density at radius 2 is 1.92 bits per heavy atom. The molecule has 0 saturated heterocycles. The van der Waals surface area contributed by atoms with Crippen LogP contribution in [-0.2, 0) is 12.8 Å². The van der Waals surface area contributed by atoms with Gasteiger partial charge in [0.25, 0.3) is 5.91 Å². The van der Waals surface area contributed by atoms with E-state index in [2.05, 4.69) is 16.4 Å². The van der Waals surface area contributed by atoms with E-state index in [0.717, 1.165) is 29.7 Å². The van der Waals surface area contributed by atoms with E-state index in [1.807, 2.05) is 54.1 Å². The van der Waals surface area contributed by atoms with E-state index in [4.69, 9.17) is 0 Å². The minimum Gasteiger partial charge on any atom is -0.346 e. The standard InChI is InChI=1S/C21H21N3O/c1-15(16-7-9-20(10-8-16)24-12-11-22-14-24)23-21(25)19-6-5-17-3-2-4-18(17)13-19/h5-15H,2-4H2,1H3,(H,23,25)/t15-/m1/s1. The smallest absolute Gasteiger partial charge is 0.251 e. The molecule has 0 fully saturated rings. The predicted octanol–water partition coefficient (Wildman–Crippen LogP) is 3.85. The molecule has 0 unspecified atom stereocenters. The Balaban J connectivity index is 1.46. The molecule has 0 bridgehead atoms. The van der Waals surface area contributed by atoms with Crippen LogP contribution in [-0.4, -0.2) is 15.5 Å². The zero-order valence-electron chi connectivity index (χ0n) is 14.3. The van der Waals surface area contributed by atoms with Crippen molar-refractivity contribution in [2.24, 2.45) is 0 Å².